The Hall–Kier alpha value is -3.31. The number of amides is 1. The number of fused-ring (bicyclic) bond motifs is 3. The van der Waals surface area contributed by atoms with E-state index in [-0.39, 0.29) is 5.91 Å². The molecule has 8 heteroatoms. The van der Waals surface area contributed by atoms with Crippen molar-refractivity contribution in [3.05, 3.63) is 42.4 Å². The number of pyridine rings is 1. The lowest BCUT2D eigenvalue weighted by molar-refractivity contribution is -0.126. The van der Waals surface area contributed by atoms with Crippen LogP contribution in [0.3, 0.4) is 0 Å². The van der Waals surface area contributed by atoms with Gasteiger partial charge in [0.1, 0.15) is 26.3 Å². The highest BCUT2D eigenvalue weighted by atomic mass is 32.1. The zero-order valence-corrected chi connectivity index (χ0v) is 17.7. The summed E-state index contributed by atoms with van der Waals surface area (Å²) in [4.78, 5) is 27.2. The molecule has 1 saturated carbocycles. The van der Waals surface area contributed by atoms with Gasteiger partial charge in [0.25, 0.3) is 0 Å². The van der Waals surface area contributed by atoms with E-state index in [2.05, 4.69) is 21.4 Å². The standard InChI is InChI=1S/C22H20N6OS/c1-21(2,27-20(29)22(11-23)7-8-22)14-6-4-5-13(9-14)18-26-16-17-15(25-12-28(17)3)10-24-19(16)30-18/h4-6,9-10,12H,7-8H2,1-3H3,(H,27,29). The zero-order valence-electron chi connectivity index (χ0n) is 16.9. The van der Waals surface area contributed by atoms with Gasteiger partial charge in [-0.05, 0) is 38.3 Å². The van der Waals surface area contributed by atoms with Crippen molar-refractivity contribution in [2.24, 2.45) is 12.5 Å². The quantitative estimate of drug-likeness (QED) is 0.544. The Morgan fingerprint density at radius 3 is 2.87 bits per heavy atom. The molecule has 1 aliphatic rings. The Morgan fingerprint density at radius 1 is 1.33 bits per heavy atom. The number of hydrogen-bond donors (Lipinski definition) is 1. The van der Waals surface area contributed by atoms with Crippen LogP contribution < -0.4 is 5.32 Å². The number of nitrogens with one attached hydrogen (secondary N) is 1. The van der Waals surface area contributed by atoms with Gasteiger partial charge < -0.3 is 9.88 Å². The maximum Gasteiger partial charge on any atom is 0.241 e. The van der Waals surface area contributed by atoms with E-state index in [4.69, 9.17) is 4.98 Å². The second-order valence-electron chi connectivity index (χ2n) is 8.37. The third kappa shape index (κ3) is 2.85. The third-order valence-corrected chi connectivity index (χ3v) is 6.77. The van der Waals surface area contributed by atoms with Gasteiger partial charge in [-0.15, -0.1) is 0 Å². The number of aryl methyl sites for hydroxylation is 1. The number of aromatic nitrogens is 4. The number of rotatable bonds is 4. The third-order valence-electron chi connectivity index (χ3n) is 5.76. The van der Waals surface area contributed by atoms with E-state index in [1.807, 2.05) is 49.7 Å². The van der Waals surface area contributed by atoms with Crippen LogP contribution in [0.2, 0.25) is 0 Å². The van der Waals surface area contributed by atoms with E-state index >= 15 is 0 Å². The number of nitriles is 1. The van der Waals surface area contributed by atoms with E-state index in [1.54, 1.807) is 12.5 Å². The molecule has 0 radical (unpaired) electrons. The normalized spacial score (nSPS) is 15.3. The van der Waals surface area contributed by atoms with Crippen LogP contribution in [0.15, 0.2) is 36.8 Å². The molecule has 1 N–H and O–H groups in total. The van der Waals surface area contributed by atoms with Crippen LogP contribution in [0.25, 0.3) is 32.0 Å². The number of carbonyl (C=O) groups excluding carboxylic acids is 1. The molecule has 3 aromatic heterocycles. The summed E-state index contributed by atoms with van der Waals surface area (Å²) in [6, 6.07) is 10.2. The first-order valence-electron chi connectivity index (χ1n) is 9.74. The minimum Gasteiger partial charge on any atom is -0.346 e. The summed E-state index contributed by atoms with van der Waals surface area (Å²) in [6.07, 6.45) is 4.81. The Labute approximate surface area is 177 Å². The first kappa shape index (κ1) is 18.7. The lowest BCUT2D eigenvalue weighted by Crippen LogP contribution is -2.44. The molecule has 5 rings (SSSR count). The molecule has 150 valence electrons. The van der Waals surface area contributed by atoms with E-state index < -0.39 is 11.0 Å². The molecule has 4 aromatic rings. The average Bonchev–Trinajstić information content (AvgIpc) is 3.28. The first-order chi connectivity index (χ1) is 14.3. The highest BCUT2D eigenvalue weighted by Crippen LogP contribution is 2.45. The fourth-order valence-corrected chi connectivity index (χ4v) is 4.57. The fourth-order valence-electron chi connectivity index (χ4n) is 3.66. The summed E-state index contributed by atoms with van der Waals surface area (Å²) in [7, 11) is 1.95. The average molecular weight is 417 g/mol. The van der Waals surface area contributed by atoms with Crippen LogP contribution in [0.4, 0.5) is 0 Å². The zero-order chi connectivity index (χ0) is 21.1. The summed E-state index contributed by atoms with van der Waals surface area (Å²) in [6.45, 7) is 3.91. The molecule has 0 spiro atoms. The van der Waals surface area contributed by atoms with Crippen LogP contribution in [0.1, 0.15) is 32.3 Å². The molecule has 0 aliphatic heterocycles. The molecular weight excluding hydrogens is 396 g/mol. The highest BCUT2D eigenvalue weighted by molar-refractivity contribution is 7.21. The van der Waals surface area contributed by atoms with Crippen LogP contribution in [0, 0.1) is 16.7 Å². The maximum absolute atomic E-state index is 12.6. The van der Waals surface area contributed by atoms with Gasteiger partial charge in [0.15, 0.2) is 0 Å². The Kier molecular flexibility index (Phi) is 3.95. The van der Waals surface area contributed by atoms with Crippen LogP contribution in [0.5, 0.6) is 0 Å². The minimum absolute atomic E-state index is 0.191. The predicted molar refractivity (Wildman–Crippen MR) is 116 cm³/mol. The number of nitrogens with zero attached hydrogens (tertiary/aromatic N) is 5. The molecule has 0 bridgehead atoms. The predicted octanol–water partition coefficient (Wildman–Crippen LogP) is 3.90. The SMILES string of the molecule is Cn1cnc2cnc3sc(-c4cccc(C(C)(C)NC(=O)C5(C#N)CC5)c4)nc3c21. The molecule has 3 heterocycles. The van der Waals surface area contributed by atoms with Crippen molar-refractivity contribution in [3.8, 4) is 16.6 Å². The molecule has 1 fully saturated rings. The molecule has 0 unspecified atom stereocenters. The van der Waals surface area contributed by atoms with Crippen molar-refractivity contribution < 1.29 is 4.79 Å². The lowest BCUT2D eigenvalue weighted by Gasteiger charge is -2.28. The minimum atomic E-state index is -0.845. The molecule has 0 atom stereocenters. The van der Waals surface area contributed by atoms with Crippen molar-refractivity contribution in [1.82, 2.24) is 24.8 Å². The smallest absolute Gasteiger partial charge is 0.241 e. The second-order valence-corrected chi connectivity index (χ2v) is 9.35. The number of benzene rings is 1. The van der Waals surface area contributed by atoms with Crippen LogP contribution in [-0.2, 0) is 17.4 Å². The molecule has 1 amide bonds. The van der Waals surface area contributed by atoms with Gasteiger partial charge in [-0.1, -0.05) is 29.5 Å². The lowest BCUT2D eigenvalue weighted by atomic mass is 9.91. The van der Waals surface area contributed by atoms with Crippen LogP contribution in [-0.4, -0.2) is 25.4 Å². The fraction of sp³-hybridized carbons (Fsp3) is 0.318. The van der Waals surface area contributed by atoms with Crippen molar-refractivity contribution in [3.63, 3.8) is 0 Å². The van der Waals surface area contributed by atoms with Crippen LogP contribution >= 0.6 is 11.3 Å². The summed E-state index contributed by atoms with van der Waals surface area (Å²) in [5.41, 5.74) is 3.11. The molecule has 30 heavy (non-hydrogen) atoms. The highest BCUT2D eigenvalue weighted by Gasteiger charge is 2.51. The summed E-state index contributed by atoms with van der Waals surface area (Å²) in [5, 5.41) is 13.2. The molecule has 1 aliphatic carbocycles. The number of thiazole rings is 1. The van der Waals surface area contributed by atoms with E-state index in [1.165, 1.54) is 11.3 Å². The Morgan fingerprint density at radius 2 is 2.13 bits per heavy atom. The van der Waals surface area contributed by atoms with Gasteiger partial charge in [-0.3, -0.25) is 4.79 Å². The van der Waals surface area contributed by atoms with Crippen molar-refractivity contribution >= 4 is 38.6 Å². The molecular formula is C22H20N6OS. The van der Waals surface area contributed by atoms with Gasteiger partial charge in [0.2, 0.25) is 5.91 Å². The van der Waals surface area contributed by atoms with Crippen molar-refractivity contribution in [2.45, 2.75) is 32.2 Å². The molecule has 7 nitrogen and oxygen atoms in total. The van der Waals surface area contributed by atoms with Gasteiger partial charge in [-0.2, -0.15) is 5.26 Å². The number of hydrogen-bond acceptors (Lipinski definition) is 6. The Balaban J connectivity index is 1.52. The van der Waals surface area contributed by atoms with Crippen molar-refractivity contribution in [2.75, 3.05) is 0 Å². The Bertz CT molecular complexity index is 1360. The number of imidazole rings is 1. The largest absolute Gasteiger partial charge is 0.346 e. The van der Waals surface area contributed by atoms with Gasteiger partial charge in [0, 0.05) is 12.6 Å². The van der Waals surface area contributed by atoms with Gasteiger partial charge >= 0.3 is 0 Å². The van der Waals surface area contributed by atoms with E-state index in [0.29, 0.717) is 12.8 Å². The summed E-state index contributed by atoms with van der Waals surface area (Å²) in [5.74, 6) is -0.191. The summed E-state index contributed by atoms with van der Waals surface area (Å²) < 4.78 is 1.96. The van der Waals surface area contributed by atoms with E-state index in [9.17, 15) is 10.1 Å². The van der Waals surface area contributed by atoms with Crippen molar-refractivity contribution in [1.29, 1.82) is 5.26 Å². The van der Waals surface area contributed by atoms with E-state index in [0.717, 1.165) is 37.5 Å². The first-order valence-corrected chi connectivity index (χ1v) is 10.6. The maximum atomic E-state index is 12.6. The monoisotopic (exact) mass is 416 g/mol. The van der Waals surface area contributed by atoms with Gasteiger partial charge in [-0.25, -0.2) is 15.0 Å². The second kappa shape index (κ2) is 6.34. The topological polar surface area (TPSA) is 96.5 Å². The number of carbonyl (C=O) groups is 1. The summed E-state index contributed by atoms with van der Waals surface area (Å²) >= 11 is 1.53. The van der Waals surface area contributed by atoms with Gasteiger partial charge in [0.05, 0.1) is 29.6 Å². The molecule has 0 saturated heterocycles. The molecule has 1 aromatic carbocycles.